The van der Waals surface area contributed by atoms with Crippen molar-refractivity contribution in [2.24, 2.45) is 0 Å². The Labute approximate surface area is 194 Å². The van der Waals surface area contributed by atoms with E-state index in [4.69, 9.17) is 14.5 Å². The second-order valence-corrected chi connectivity index (χ2v) is 8.21. The van der Waals surface area contributed by atoms with Crippen molar-refractivity contribution >= 4 is 11.6 Å². The number of rotatable bonds is 7. The molecule has 7 nitrogen and oxygen atoms in total. The molecule has 1 N–H and O–H groups in total. The predicted octanol–water partition coefficient (Wildman–Crippen LogP) is 4.78. The molecule has 2 aromatic carbocycles. The van der Waals surface area contributed by atoms with E-state index in [0.29, 0.717) is 22.7 Å². The summed E-state index contributed by atoms with van der Waals surface area (Å²) in [6, 6.07) is 15.6. The molecular weight excluding hydrogens is 416 g/mol. The number of hydrogen-bond donors (Lipinski definition) is 1. The van der Waals surface area contributed by atoms with Gasteiger partial charge in [-0.05, 0) is 56.1 Å². The molecule has 0 radical (unpaired) electrons. The van der Waals surface area contributed by atoms with Crippen LogP contribution in [0.15, 0.2) is 54.7 Å². The maximum Gasteiger partial charge on any atom is 0.259 e. The summed E-state index contributed by atoms with van der Waals surface area (Å²) in [5.74, 6) is 1.99. The molecule has 1 fully saturated rings. The van der Waals surface area contributed by atoms with Crippen molar-refractivity contribution < 1.29 is 14.3 Å². The molecule has 0 bridgehead atoms. The molecule has 4 rings (SSSR count). The fraction of sp³-hybridized carbons (Fsp3) is 0.346. The first kappa shape index (κ1) is 22.7. The normalized spacial score (nSPS) is 16.3. The average molecular weight is 447 g/mol. The Bertz CT molecular complexity index is 1100. The van der Waals surface area contributed by atoms with Crippen molar-refractivity contribution in [3.8, 4) is 11.5 Å². The Morgan fingerprint density at radius 2 is 1.88 bits per heavy atom. The van der Waals surface area contributed by atoms with Gasteiger partial charge in [0.05, 0.1) is 37.2 Å². The first-order chi connectivity index (χ1) is 16.1. The second kappa shape index (κ2) is 10.4. The van der Waals surface area contributed by atoms with Crippen LogP contribution in [-0.2, 0) is 6.54 Å². The number of para-hydroxylation sites is 2. The van der Waals surface area contributed by atoms with Gasteiger partial charge < -0.3 is 14.8 Å². The van der Waals surface area contributed by atoms with E-state index in [0.717, 1.165) is 43.9 Å². The molecule has 0 unspecified atom stereocenters. The van der Waals surface area contributed by atoms with Crippen LogP contribution in [0, 0.1) is 6.92 Å². The van der Waals surface area contributed by atoms with Crippen LogP contribution in [0.3, 0.4) is 0 Å². The van der Waals surface area contributed by atoms with Crippen molar-refractivity contribution in [1.82, 2.24) is 14.9 Å². The third kappa shape index (κ3) is 5.31. The fourth-order valence-electron chi connectivity index (χ4n) is 4.24. The van der Waals surface area contributed by atoms with Crippen molar-refractivity contribution in [1.29, 1.82) is 0 Å². The van der Waals surface area contributed by atoms with Crippen LogP contribution < -0.4 is 14.8 Å². The predicted molar refractivity (Wildman–Crippen MR) is 128 cm³/mol. The standard InChI is InChI=1S/C26H30N4O3/c1-18-21(26(31)29-22-8-4-5-10-24(22)33-3)16-27-25(28-18)23-9-6-7-15-30(23)17-19-11-13-20(32-2)14-12-19/h4-5,8,10-14,16,23H,6-7,9,15,17H2,1-3H3,(H,29,31)/t23-/m0/s1. The second-order valence-electron chi connectivity index (χ2n) is 8.21. The molecule has 3 aromatic rings. The fourth-order valence-corrected chi connectivity index (χ4v) is 4.24. The smallest absolute Gasteiger partial charge is 0.259 e. The maximum absolute atomic E-state index is 12.9. The maximum atomic E-state index is 12.9. The summed E-state index contributed by atoms with van der Waals surface area (Å²) >= 11 is 0. The summed E-state index contributed by atoms with van der Waals surface area (Å²) in [5, 5.41) is 2.90. The van der Waals surface area contributed by atoms with Crippen LogP contribution in [0.25, 0.3) is 0 Å². The summed E-state index contributed by atoms with van der Waals surface area (Å²) in [6.07, 6.45) is 4.94. The van der Waals surface area contributed by atoms with Gasteiger partial charge in [0.1, 0.15) is 17.3 Å². The molecular formula is C26H30N4O3. The van der Waals surface area contributed by atoms with Gasteiger partial charge in [0.25, 0.3) is 5.91 Å². The zero-order chi connectivity index (χ0) is 23.2. The molecule has 2 heterocycles. The van der Waals surface area contributed by atoms with Gasteiger partial charge in [0.2, 0.25) is 0 Å². The SMILES string of the molecule is COc1ccc(CN2CCCC[C@H]2c2ncc(C(=O)Nc3ccccc3OC)c(C)n2)cc1. The Kier molecular flexibility index (Phi) is 7.19. The van der Waals surface area contributed by atoms with Crippen molar-refractivity contribution in [2.75, 3.05) is 26.1 Å². The number of amides is 1. The van der Waals surface area contributed by atoms with E-state index < -0.39 is 0 Å². The Morgan fingerprint density at radius 3 is 2.61 bits per heavy atom. The highest BCUT2D eigenvalue weighted by Gasteiger charge is 2.27. The molecule has 1 atom stereocenters. The lowest BCUT2D eigenvalue weighted by Crippen LogP contribution is -2.34. The Morgan fingerprint density at radius 1 is 1.09 bits per heavy atom. The van der Waals surface area contributed by atoms with Crippen molar-refractivity contribution in [2.45, 2.75) is 38.8 Å². The van der Waals surface area contributed by atoms with Gasteiger partial charge in [-0.15, -0.1) is 0 Å². The van der Waals surface area contributed by atoms with E-state index in [1.807, 2.05) is 37.3 Å². The summed E-state index contributed by atoms with van der Waals surface area (Å²) in [7, 11) is 3.26. The highest BCUT2D eigenvalue weighted by molar-refractivity contribution is 6.05. The molecule has 7 heteroatoms. The number of carbonyl (C=O) groups excluding carboxylic acids is 1. The van der Waals surface area contributed by atoms with Crippen LogP contribution in [0.4, 0.5) is 5.69 Å². The van der Waals surface area contributed by atoms with E-state index in [1.165, 1.54) is 5.56 Å². The number of methoxy groups -OCH3 is 2. The molecule has 172 valence electrons. The van der Waals surface area contributed by atoms with E-state index in [9.17, 15) is 4.79 Å². The van der Waals surface area contributed by atoms with Crippen LogP contribution in [-0.4, -0.2) is 41.5 Å². The van der Waals surface area contributed by atoms with Crippen LogP contribution in [0.1, 0.15) is 52.7 Å². The number of likely N-dealkylation sites (tertiary alicyclic amines) is 1. The van der Waals surface area contributed by atoms with Crippen LogP contribution >= 0.6 is 0 Å². The average Bonchev–Trinajstić information content (AvgIpc) is 2.85. The van der Waals surface area contributed by atoms with Crippen LogP contribution in [0.2, 0.25) is 0 Å². The molecule has 1 aliphatic rings. The number of hydrogen-bond acceptors (Lipinski definition) is 6. The lowest BCUT2D eigenvalue weighted by Gasteiger charge is -2.34. The van der Waals surface area contributed by atoms with Gasteiger partial charge in [0.15, 0.2) is 0 Å². The van der Waals surface area contributed by atoms with Gasteiger partial charge in [-0.25, -0.2) is 9.97 Å². The molecule has 1 aliphatic heterocycles. The zero-order valence-corrected chi connectivity index (χ0v) is 19.4. The zero-order valence-electron chi connectivity index (χ0n) is 19.4. The summed E-state index contributed by atoms with van der Waals surface area (Å²) in [6.45, 7) is 3.68. The minimum absolute atomic E-state index is 0.130. The molecule has 0 saturated carbocycles. The minimum Gasteiger partial charge on any atom is -0.497 e. The Balaban J connectivity index is 1.50. The minimum atomic E-state index is -0.248. The lowest BCUT2D eigenvalue weighted by molar-refractivity contribution is 0.102. The number of nitrogens with zero attached hydrogens (tertiary/aromatic N) is 3. The van der Waals surface area contributed by atoms with Gasteiger partial charge in [0, 0.05) is 12.7 Å². The number of anilines is 1. The van der Waals surface area contributed by atoms with Gasteiger partial charge in [-0.2, -0.15) is 0 Å². The number of carbonyl (C=O) groups is 1. The first-order valence-corrected chi connectivity index (χ1v) is 11.2. The third-order valence-corrected chi connectivity index (χ3v) is 6.05. The summed E-state index contributed by atoms with van der Waals surface area (Å²) in [5.41, 5.74) is 2.98. The topological polar surface area (TPSA) is 76.6 Å². The molecule has 1 aromatic heterocycles. The molecule has 1 amide bonds. The Hall–Kier alpha value is -3.45. The summed E-state index contributed by atoms with van der Waals surface area (Å²) in [4.78, 5) is 24.7. The van der Waals surface area contributed by atoms with E-state index >= 15 is 0 Å². The largest absolute Gasteiger partial charge is 0.497 e. The number of ether oxygens (including phenoxy) is 2. The van der Waals surface area contributed by atoms with E-state index in [-0.39, 0.29) is 11.9 Å². The van der Waals surface area contributed by atoms with E-state index in [1.54, 1.807) is 26.5 Å². The van der Waals surface area contributed by atoms with Crippen molar-refractivity contribution in [3.63, 3.8) is 0 Å². The number of aromatic nitrogens is 2. The monoisotopic (exact) mass is 446 g/mol. The quantitative estimate of drug-likeness (QED) is 0.563. The lowest BCUT2D eigenvalue weighted by atomic mass is 10.00. The summed E-state index contributed by atoms with van der Waals surface area (Å²) < 4.78 is 10.6. The molecule has 33 heavy (non-hydrogen) atoms. The van der Waals surface area contributed by atoms with Gasteiger partial charge in [-0.1, -0.05) is 30.7 Å². The van der Waals surface area contributed by atoms with Crippen molar-refractivity contribution in [3.05, 3.63) is 77.4 Å². The highest BCUT2D eigenvalue weighted by Crippen LogP contribution is 2.31. The number of aryl methyl sites for hydroxylation is 1. The van der Waals surface area contributed by atoms with E-state index in [2.05, 4.69) is 27.3 Å². The third-order valence-electron chi connectivity index (χ3n) is 6.05. The molecule has 0 spiro atoms. The number of piperidine rings is 1. The highest BCUT2D eigenvalue weighted by atomic mass is 16.5. The number of nitrogens with one attached hydrogen (secondary N) is 1. The van der Waals surface area contributed by atoms with Gasteiger partial charge >= 0.3 is 0 Å². The number of benzene rings is 2. The van der Waals surface area contributed by atoms with Crippen LogP contribution in [0.5, 0.6) is 11.5 Å². The first-order valence-electron chi connectivity index (χ1n) is 11.2. The van der Waals surface area contributed by atoms with Gasteiger partial charge in [-0.3, -0.25) is 9.69 Å². The molecule has 1 saturated heterocycles. The molecule has 0 aliphatic carbocycles.